The van der Waals surface area contributed by atoms with Gasteiger partial charge in [0.25, 0.3) is 0 Å². The average molecular weight is 308 g/mol. The second kappa shape index (κ2) is 4.77. The van der Waals surface area contributed by atoms with Crippen molar-refractivity contribution in [1.29, 1.82) is 0 Å². The highest BCUT2D eigenvalue weighted by atomic mass is 32.1. The summed E-state index contributed by atoms with van der Waals surface area (Å²) in [7, 11) is 0. The molecule has 1 aromatic heterocycles. The van der Waals surface area contributed by atoms with Crippen LogP contribution >= 0.6 is 11.3 Å². The zero-order valence-electron chi connectivity index (χ0n) is 14.1. The molecule has 3 rings (SSSR count). The van der Waals surface area contributed by atoms with Gasteiger partial charge in [0.2, 0.25) is 0 Å². The van der Waals surface area contributed by atoms with Crippen molar-refractivity contribution in [3.63, 3.8) is 0 Å². The Kier molecular flexibility index (Phi) is 3.51. The Morgan fingerprint density at radius 3 is 2.38 bits per heavy atom. The molecule has 0 aromatic carbocycles. The Morgan fingerprint density at radius 1 is 1.29 bits per heavy atom. The standard InChI is InChI=1S/C17H28N2OS/c1-11(2)13-9-21-14(18-13)17(19-12-7-8-12)10-15(3,4)20-16(17,5)6/h9,11-12,19H,7-8,10H2,1-6H3. The number of rotatable bonds is 4. The van der Waals surface area contributed by atoms with Gasteiger partial charge in [-0.25, -0.2) is 4.98 Å². The van der Waals surface area contributed by atoms with E-state index < -0.39 is 0 Å². The Labute approximate surface area is 132 Å². The summed E-state index contributed by atoms with van der Waals surface area (Å²) in [5.74, 6) is 0.478. The van der Waals surface area contributed by atoms with E-state index in [1.807, 2.05) is 0 Å². The van der Waals surface area contributed by atoms with Crippen molar-refractivity contribution < 1.29 is 4.74 Å². The molecule has 1 atom stereocenters. The predicted molar refractivity (Wildman–Crippen MR) is 87.9 cm³/mol. The zero-order chi connectivity index (χ0) is 15.5. The first-order valence-corrected chi connectivity index (χ1v) is 8.97. The van der Waals surface area contributed by atoms with Gasteiger partial charge in [0.1, 0.15) is 10.5 Å². The minimum absolute atomic E-state index is 0.116. The molecule has 1 unspecified atom stereocenters. The van der Waals surface area contributed by atoms with Gasteiger partial charge in [0.05, 0.1) is 16.9 Å². The van der Waals surface area contributed by atoms with Crippen molar-refractivity contribution in [2.24, 2.45) is 0 Å². The lowest BCUT2D eigenvalue weighted by Gasteiger charge is -2.39. The van der Waals surface area contributed by atoms with Crippen LogP contribution in [0.4, 0.5) is 0 Å². The summed E-state index contributed by atoms with van der Waals surface area (Å²) < 4.78 is 6.41. The number of ether oxygens (including phenoxy) is 1. The lowest BCUT2D eigenvalue weighted by molar-refractivity contribution is -0.0847. The molecule has 2 fully saturated rings. The highest BCUT2D eigenvalue weighted by Gasteiger charge is 2.60. The third-order valence-corrected chi connectivity index (χ3v) is 5.78. The molecule has 21 heavy (non-hydrogen) atoms. The third kappa shape index (κ3) is 2.66. The van der Waals surface area contributed by atoms with Gasteiger partial charge in [0.15, 0.2) is 0 Å². The van der Waals surface area contributed by atoms with Crippen molar-refractivity contribution in [3.05, 3.63) is 16.1 Å². The van der Waals surface area contributed by atoms with Gasteiger partial charge in [-0.2, -0.15) is 0 Å². The molecule has 0 spiro atoms. The maximum Gasteiger partial charge on any atom is 0.116 e. The molecular formula is C17H28N2OS. The molecular weight excluding hydrogens is 280 g/mol. The lowest BCUT2D eigenvalue weighted by Crippen LogP contribution is -2.55. The summed E-state index contributed by atoms with van der Waals surface area (Å²) in [6, 6.07) is 0.633. The van der Waals surface area contributed by atoms with Crippen LogP contribution in [0.1, 0.15) is 77.4 Å². The molecule has 1 aliphatic heterocycles. The van der Waals surface area contributed by atoms with Crippen molar-refractivity contribution in [3.8, 4) is 0 Å². The minimum atomic E-state index is -0.245. The van der Waals surface area contributed by atoms with Crippen LogP contribution in [0.5, 0.6) is 0 Å². The maximum absolute atomic E-state index is 6.41. The van der Waals surface area contributed by atoms with E-state index >= 15 is 0 Å². The van der Waals surface area contributed by atoms with Crippen LogP contribution in [-0.2, 0) is 10.3 Å². The van der Waals surface area contributed by atoms with Crippen LogP contribution in [0, 0.1) is 0 Å². The van der Waals surface area contributed by atoms with Crippen molar-refractivity contribution in [2.75, 3.05) is 0 Å². The molecule has 3 nitrogen and oxygen atoms in total. The van der Waals surface area contributed by atoms with Gasteiger partial charge in [0, 0.05) is 17.8 Å². The number of hydrogen-bond donors (Lipinski definition) is 1. The molecule has 2 heterocycles. The average Bonchev–Trinajstić information content (AvgIpc) is 2.93. The molecule has 1 N–H and O–H groups in total. The fraction of sp³-hybridized carbons (Fsp3) is 0.824. The second-order valence-corrected chi connectivity index (χ2v) is 8.96. The molecule has 1 aliphatic carbocycles. The normalized spacial score (nSPS) is 31.0. The van der Waals surface area contributed by atoms with Crippen LogP contribution in [0.3, 0.4) is 0 Å². The first kappa shape index (κ1) is 15.4. The second-order valence-electron chi connectivity index (χ2n) is 8.11. The number of thiazole rings is 1. The Bertz CT molecular complexity index is 531. The summed E-state index contributed by atoms with van der Waals surface area (Å²) in [4.78, 5) is 4.98. The van der Waals surface area contributed by atoms with Crippen molar-refractivity contribution >= 4 is 11.3 Å². The van der Waals surface area contributed by atoms with E-state index in [9.17, 15) is 0 Å². The molecule has 1 saturated heterocycles. The van der Waals surface area contributed by atoms with E-state index in [1.165, 1.54) is 23.5 Å². The largest absolute Gasteiger partial charge is 0.367 e. The van der Waals surface area contributed by atoms with Gasteiger partial charge in [-0.1, -0.05) is 13.8 Å². The van der Waals surface area contributed by atoms with Gasteiger partial charge < -0.3 is 10.1 Å². The summed E-state index contributed by atoms with van der Waals surface area (Å²) in [5, 5.41) is 7.33. The van der Waals surface area contributed by atoms with Crippen molar-refractivity contribution in [2.45, 2.75) is 89.5 Å². The van der Waals surface area contributed by atoms with Crippen LogP contribution in [0.25, 0.3) is 0 Å². The topological polar surface area (TPSA) is 34.1 Å². The fourth-order valence-electron chi connectivity index (χ4n) is 3.61. The Hall–Kier alpha value is -0.450. The van der Waals surface area contributed by atoms with Crippen LogP contribution in [-0.4, -0.2) is 22.2 Å². The lowest BCUT2D eigenvalue weighted by atomic mass is 9.79. The fourth-order valence-corrected chi connectivity index (χ4v) is 4.90. The molecule has 0 bridgehead atoms. The van der Waals surface area contributed by atoms with E-state index in [4.69, 9.17) is 9.72 Å². The van der Waals surface area contributed by atoms with E-state index in [1.54, 1.807) is 11.3 Å². The van der Waals surface area contributed by atoms with Crippen LogP contribution in [0.15, 0.2) is 5.38 Å². The molecule has 118 valence electrons. The Balaban J connectivity index is 2.03. The Morgan fingerprint density at radius 2 is 1.95 bits per heavy atom. The smallest absolute Gasteiger partial charge is 0.116 e. The van der Waals surface area contributed by atoms with E-state index in [0.717, 1.165) is 6.42 Å². The van der Waals surface area contributed by atoms with Gasteiger partial charge >= 0.3 is 0 Å². The highest BCUT2D eigenvalue weighted by molar-refractivity contribution is 7.09. The molecule has 1 aromatic rings. The van der Waals surface area contributed by atoms with Gasteiger partial charge in [-0.3, -0.25) is 0 Å². The molecule has 1 saturated carbocycles. The summed E-state index contributed by atoms with van der Waals surface area (Å²) in [6.07, 6.45) is 3.54. The zero-order valence-corrected chi connectivity index (χ0v) is 14.9. The SMILES string of the molecule is CC(C)c1csc(C2(NC3CC3)CC(C)(C)OC2(C)C)n1. The summed E-state index contributed by atoms with van der Waals surface area (Å²) in [5.41, 5.74) is 0.683. The monoisotopic (exact) mass is 308 g/mol. The van der Waals surface area contributed by atoms with E-state index in [2.05, 4.69) is 52.2 Å². The van der Waals surface area contributed by atoms with Crippen LogP contribution < -0.4 is 5.32 Å². The molecule has 0 radical (unpaired) electrons. The van der Waals surface area contributed by atoms with Gasteiger partial charge in [-0.05, 0) is 46.5 Å². The number of aromatic nitrogens is 1. The molecule has 2 aliphatic rings. The third-order valence-electron chi connectivity index (χ3n) is 4.76. The summed E-state index contributed by atoms with van der Waals surface area (Å²) in [6.45, 7) is 13.2. The minimum Gasteiger partial charge on any atom is -0.367 e. The molecule has 0 amide bonds. The van der Waals surface area contributed by atoms with Crippen molar-refractivity contribution in [1.82, 2.24) is 10.3 Å². The first-order chi connectivity index (χ1) is 9.65. The quantitative estimate of drug-likeness (QED) is 0.905. The number of nitrogens with zero attached hydrogens (tertiary/aromatic N) is 1. The first-order valence-electron chi connectivity index (χ1n) is 8.09. The number of nitrogens with one attached hydrogen (secondary N) is 1. The van der Waals surface area contributed by atoms with Gasteiger partial charge in [-0.15, -0.1) is 11.3 Å². The van der Waals surface area contributed by atoms with Crippen LogP contribution in [0.2, 0.25) is 0 Å². The summed E-state index contributed by atoms with van der Waals surface area (Å²) >= 11 is 1.79. The molecule has 4 heteroatoms. The van der Waals surface area contributed by atoms with E-state index in [-0.39, 0.29) is 16.7 Å². The predicted octanol–water partition coefficient (Wildman–Crippen LogP) is 4.19. The maximum atomic E-state index is 6.41. The number of hydrogen-bond acceptors (Lipinski definition) is 4. The van der Waals surface area contributed by atoms with E-state index in [0.29, 0.717) is 12.0 Å². The highest BCUT2D eigenvalue weighted by Crippen LogP contribution is 2.53.